The zero-order chi connectivity index (χ0) is 28.6. The molecule has 208 valence electrons. The van der Waals surface area contributed by atoms with Crippen molar-refractivity contribution >= 4 is 35.2 Å². The van der Waals surface area contributed by atoms with E-state index in [0.717, 1.165) is 12.1 Å². The number of hydrogen-bond donors (Lipinski definition) is 3. The zero-order valence-electron chi connectivity index (χ0n) is 23.7. The van der Waals surface area contributed by atoms with Gasteiger partial charge in [0.2, 0.25) is 5.91 Å². The predicted octanol–water partition coefficient (Wildman–Crippen LogP) is 3.42. The van der Waals surface area contributed by atoms with Crippen LogP contribution in [-0.4, -0.2) is 72.1 Å². The van der Waals surface area contributed by atoms with Crippen LogP contribution in [0, 0.1) is 0 Å². The summed E-state index contributed by atoms with van der Waals surface area (Å²) in [5, 5.41) is 6.06. The lowest BCUT2D eigenvalue weighted by atomic mass is 10.0. The Morgan fingerprint density at radius 2 is 1.82 bits per heavy atom. The number of benzene rings is 1. The smallest absolute Gasteiger partial charge is 0.410 e. The molecule has 0 saturated carbocycles. The number of rotatable bonds is 11. The van der Waals surface area contributed by atoms with Gasteiger partial charge in [0.1, 0.15) is 12.1 Å². The second-order valence-electron chi connectivity index (χ2n) is 10.2. The third-order valence-corrected chi connectivity index (χ3v) is 5.76. The van der Waals surface area contributed by atoms with Gasteiger partial charge in [-0.15, -0.1) is 0 Å². The number of aryl methyl sites for hydroxylation is 1. The number of aromatic nitrogens is 2. The number of hydrogen-bond acceptors (Lipinski definition) is 8. The van der Waals surface area contributed by atoms with E-state index in [-0.39, 0.29) is 29.9 Å². The quantitative estimate of drug-likeness (QED) is 0.403. The topological polar surface area (TPSA) is 143 Å². The minimum Gasteiger partial charge on any atom is -0.444 e. The molecule has 0 spiro atoms. The molecule has 0 bridgehead atoms. The number of nitrogens with zero attached hydrogens (tertiary/aromatic N) is 4. The van der Waals surface area contributed by atoms with Gasteiger partial charge in [-0.25, -0.2) is 14.8 Å². The van der Waals surface area contributed by atoms with Crippen molar-refractivity contribution < 1.29 is 19.1 Å². The Balaban J connectivity index is 2.12. The number of ether oxygens (including phenoxy) is 1. The normalized spacial score (nSPS) is 11.9. The molecule has 38 heavy (non-hydrogen) atoms. The zero-order valence-corrected chi connectivity index (χ0v) is 23.7. The van der Waals surface area contributed by atoms with Crippen molar-refractivity contribution in [1.29, 1.82) is 0 Å². The Hall–Kier alpha value is -3.89. The van der Waals surface area contributed by atoms with Crippen molar-refractivity contribution in [2.75, 3.05) is 43.9 Å². The summed E-state index contributed by atoms with van der Waals surface area (Å²) in [5.74, 6) is -0.00807. The van der Waals surface area contributed by atoms with Crippen LogP contribution in [0.15, 0.2) is 24.3 Å². The van der Waals surface area contributed by atoms with Crippen LogP contribution in [-0.2, 0) is 16.0 Å². The second kappa shape index (κ2) is 13.1. The van der Waals surface area contributed by atoms with E-state index in [1.54, 1.807) is 20.8 Å². The Bertz CT molecular complexity index is 1150. The van der Waals surface area contributed by atoms with Gasteiger partial charge in [0.15, 0.2) is 17.3 Å². The molecule has 0 aliphatic heterocycles. The highest BCUT2D eigenvalue weighted by Gasteiger charge is 2.22. The molecule has 11 nitrogen and oxygen atoms in total. The first-order valence-corrected chi connectivity index (χ1v) is 12.7. The lowest BCUT2D eigenvalue weighted by molar-refractivity contribution is -0.122. The van der Waals surface area contributed by atoms with Gasteiger partial charge < -0.3 is 30.9 Å². The minimum absolute atomic E-state index is 0.0292. The van der Waals surface area contributed by atoms with E-state index >= 15 is 0 Å². The maximum Gasteiger partial charge on any atom is 0.410 e. The molecule has 0 aliphatic rings. The lowest BCUT2D eigenvalue weighted by Crippen LogP contribution is -2.41. The van der Waals surface area contributed by atoms with Gasteiger partial charge in [-0.3, -0.25) is 9.59 Å². The van der Waals surface area contributed by atoms with Gasteiger partial charge in [-0.1, -0.05) is 26.0 Å². The standard InChI is InChI=1S/C27H41N7O4/c1-9-20-25(33(7)10-2)32-24(22(31-20)23(28)36)30-19-13-11-12-18(14-19)17(3)15-29-21(35)16-34(8)26(37)38-27(4,5)6/h11-14,17H,9-10,15-16H2,1-8H3,(H2,28,36)(H,29,35)(H,30,32)/t17-/m0/s1. The molecule has 3 amide bonds. The molecule has 1 atom stereocenters. The molecular weight excluding hydrogens is 486 g/mol. The molecule has 1 aromatic heterocycles. The van der Waals surface area contributed by atoms with Crippen LogP contribution in [0.1, 0.15) is 69.2 Å². The molecule has 0 aliphatic carbocycles. The van der Waals surface area contributed by atoms with Crippen molar-refractivity contribution in [3.8, 4) is 0 Å². The van der Waals surface area contributed by atoms with E-state index < -0.39 is 17.6 Å². The van der Waals surface area contributed by atoms with Gasteiger partial charge in [-0.2, -0.15) is 0 Å². The molecule has 0 radical (unpaired) electrons. The summed E-state index contributed by atoms with van der Waals surface area (Å²) >= 11 is 0. The molecule has 2 aromatic rings. The van der Waals surface area contributed by atoms with E-state index in [9.17, 15) is 14.4 Å². The second-order valence-corrected chi connectivity index (χ2v) is 10.2. The Labute approximate surface area is 225 Å². The summed E-state index contributed by atoms with van der Waals surface area (Å²) in [4.78, 5) is 49.0. The summed E-state index contributed by atoms with van der Waals surface area (Å²) in [5.41, 5.74) is 7.42. The highest BCUT2D eigenvalue weighted by atomic mass is 16.6. The molecule has 11 heteroatoms. The Kier molecular flexibility index (Phi) is 10.4. The monoisotopic (exact) mass is 527 g/mol. The highest BCUT2D eigenvalue weighted by Crippen LogP contribution is 2.26. The van der Waals surface area contributed by atoms with E-state index in [2.05, 4.69) is 20.6 Å². The fraction of sp³-hybridized carbons (Fsp3) is 0.519. The van der Waals surface area contributed by atoms with Crippen LogP contribution in [0.5, 0.6) is 0 Å². The maximum atomic E-state index is 12.4. The third kappa shape index (κ3) is 8.60. The molecule has 1 heterocycles. The lowest BCUT2D eigenvalue weighted by Gasteiger charge is -2.24. The van der Waals surface area contributed by atoms with Crippen LogP contribution in [0.25, 0.3) is 0 Å². The maximum absolute atomic E-state index is 12.4. The molecule has 0 unspecified atom stereocenters. The van der Waals surface area contributed by atoms with Crippen molar-refractivity contribution in [1.82, 2.24) is 20.2 Å². The molecular formula is C27H41N7O4. The van der Waals surface area contributed by atoms with Gasteiger partial charge in [0.25, 0.3) is 5.91 Å². The molecule has 0 fully saturated rings. The number of primary amides is 1. The summed E-state index contributed by atoms with van der Waals surface area (Å²) in [6.07, 6.45) is 0.0534. The van der Waals surface area contributed by atoms with Crippen molar-refractivity contribution in [3.05, 3.63) is 41.2 Å². The molecule has 4 N–H and O–H groups in total. The van der Waals surface area contributed by atoms with Gasteiger partial charge in [0.05, 0.1) is 5.69 Å². The number of amides is 3. The van der Waals surface area contributed by atoms with Crippen LogP contribution in [0.4, 0.5) is 22.1 Å². The van der Waals surface area contributed by atoms with Crippen LogP contribution >= 0.6 is 0 Å². The number of carbonyl (C=O) groups is 3. The van der Waals surface area contributed by atoms with E-state index in [4.69, 9.17) is 10.5 Å². The number of carbonyl (C=O) groups excluding carboxylic acids is 3. The van der Waals surface area contributed by atoms with Crippen molar-refractivity contribution in [2.24, 2.45) is 5.73 Å². The van der Waals surface area contributed by atoms with Crippen LogP contribution in [0.2, 0.25) is 0 Å². The first-order chi connectivity index (χ1) is 17.7. The van der Waals surface area contributed by atoms with Crippen LogP contribution in [0.3, 0.4) is 0 Å². The number of nitrogens with one attached hydrogen (secondary N) is 2. The third-order valence-electron chi connectivity index (χ3n) is 5.76. The van der Waals surface area contributed by atoms with Gasteiger partial charge in [-0.05, 0) is 57.7 Å². The fourth-order valence-electron chi connectivity index (χ4n) is 3.53. The molecule has 0 saturated heterocycles. The van der Waals surface area contributed by atoms with Gasteiger partial charge >= 0.3 is 6.09 Å². The number of nitrogens with two attached hydrogens (primary N) is 1. The first-order valence-electron chi connectivity index (χ1n) is 12.7. The van der Waals surface area contributed by atoms with Crippen molar-refractivity contribution in [2.45, 2.75) is 59.5 Å². The minimum atomic E-state index is -0.663. The average Bonchev–Trinajstić information content (AvgIpc) is 2.85. The van der Waals surface area contributed by atoms with Crippen molar-refractivity contribution in [3.63, 3.8) is 0 Å². The summed E-state index contributed by atoms with van der Waals surface area (Å²) in [6, 6.07) is 7.61. The number of anilines is 3. The number of likely N-dealkylation sites (N-methyl/N-ethyl adjacent to an activating group) is 1. The average molecular weight is 528 g/mol. The Morgan fingerprint density at radius 1 is 1.13 bits per heavy atom. The van der Waals surface area contributed by atoms with Gasteiger partial charge in [0, 0.05) is 32.9 Å². The van der Waals surface area contributed by atoms with E-state index in [1.807, 2.05) is 57.0 Å². The summed E-state index contributed by atoms with van der Waals surface area (Å²) in [6.45, 7) is 12.2. The summed E-state index contributed by atoms with van der Waals surface area (Å²) in [7, 11) is 3.44. The fourth-order valence-corrected chi connectivity index (χ4v) is 3.53. The predicted molar refractivity (Wildman–Crippen MR) is 149 cm³/mol. The van der Waals surface area contributed by atoms with E-state index in [0.29, 0.717) is 30.2 Å². The highest BCUT2D eigenvalue weighted by molar-refractivity contribution is 5.96. The summed E-state index contributed by atoms with van der Waals surface area (Å²) < 4.78 is 5.28. The van der Waals surface area contributed by atoms with Crippen LogP contribution < -0.4 is 21.3 Å². The van der Waals surface area contributed by atoms with E-state index in [1.165, 1.54) is 11.9 Å². The Morgan fingerprint density at radius 3 is 2.39 bits per heavy atom. The first kappa shape index (κ1) is 30.3. The SMILES string of the molecule is CCc1nc(C(N)=O)c(Nc2cccc([C@@H](C)CNC(=O)CN(C)C(=O)OC(C)(C)C)c2)nc1N(C)CC. The largest absolute Gasteiger partial charge is 0.444 e. The molecule has 2 rings (SSSR count). The molecule has 1 aromatic carbocycles.